The SMILES string of the molecule is Cc1ccc(N2C=C(C(=O)N3CCCCC3)S(=O)(=O)c3ccccc32)cc1. The second-order valence-corrected chi connectivity index (χ2v) is 8.91. The molecule has 0 aromatic heterocycles. The number of piperidine rings is 1. The number of rotatable bonds is 2. The van der Waals surface area contributed by atoms with Crippen LogP contribution in [-0.2, 0) is 14.6 Å². The maximum atomic E-state index is 13.2. The van der Waals surface area contributed by atoms with Crippen LogP contribution in [0.5, 0.6) is 0 Å². The summed E-state index contributed by atoms with van der Waals surface area (Å²) in [4.78, 5) is 16.5. The molecule has 1 saturated heterocycles. The van der Waals surface area contributed by atoms with Gasteiger partial charge in [0.2, 0.25) is 9.84 Å². The lowest BCUT2D eigenvalue weighted by molar-refractivity contribution is -0.127. The zero-order valence-electron chi connectivity index (χ0n) is 15.3. The number of carbonyl (C=O) groups is 1. The molecule has 27 heavy (non-hydrogen) atoms. The van der Waals surface area contributed by atoms with Gasteiger partial charge in [-0.2, -0.15) is 0 Å². The Hall–Kier alpha value is -2.60. The normalized spacial score (nSPS) is 18.6. The standard InChI is InChI=1S/C21H22N2O3S/c1-16-9-11-17(12-10-16)23-15-20(21(24)22-13-5-2-6-14-22)27(25,26)19-8-4-3-7-18(19)23/h3-4,7-12,15H,2,5-6,13-14H2,1H3. The molecule has 0 saturated carbocycles. The zero-order chi connectivity index (χ0) is 19.0. The van der Waals surface area contributed by atoms with E-state index < -0.39 is 15.7 Å². The quantitative estimate of drug-likeness (QED) is 0.793. The molecule has 2 aromatic rings. The Kier molecular flexibility index (Phi) is 4.52. The minimum Gasteiger partial charge on any atom is -0.338 e. The number of carbonyl (C=O) groups excluding carboxylic acids is 1. The number of hydrogen-bond acceptors (Lipinski definition) is 4. The highest BCUT2D eigenvalue weighted by atomic mass is 32.2. The predicted octanol–water partition coefficient (Wildman–Crippen LogP) is 3.77. The Bertz CT molecular complexity index is 1000. The Morgan fingerprint density at radius 1 is 0.926 bits per heavy atom. The van der Waals surface area contributed by atoms with Crippen molar-refractivity contribution in [1.82, 2.24) is 4.90 Å². The van der Waals surface area contributed by atoms with Crippen LogP contribution < -0.4 is 4.90 Å². The molecular formula is C21H22N2O3S. The lowest BCUT2D eigenvalue weighted by atomic mass is 10.1. The van der Waals surface area contributed by atoms with E-state index >= 15 is 0 Å². The lowest BCUT2D eigenvalue weighted by Gasteiger charge is -2.32. The van der Waals surface area contributed by atoms with Gasteiger partial charge in [-0.25, -0.2) is 8.42 Å². The van der Waals surface area contributed by atoms with Crippen LogP contribution in [0.3, 0.4) is 0 Å². The van der Waals surface area contributed by atoms with Crippen molar-refractivity contribution >= 4 is 27.1 Å². The molecule has 4 rings (SSSR count). The lowest BCUT2D eigenvalue weighted by Crippen LogP contribution is -2.39. The number of sulfone groups is 1. The van der Waals surface area contributed by atoms with E-state index in [-0.39, 0.29) is 9.80 Å². The summed E-state index contributed by atoms with van der Waals surface area (Å²) in [6.07, 6.45) is 4.39. The number of benzene rings is 2. The number of nitrogens with zero attached hydrogens (tertiary/aromatic N) is 2. The molecule has 5 nitrogen and oxygen atoms in total. The van der Waals surface area contributed by atoms with Gasteiger partial charge in [-0.05, 0) is 50.5 Å². The fourth-order valence-electron chi connectivity index (χ4n) is 3.60. The highest BCUT2D eigenvalue weighted by Gasteiger charge is 2.37. The number of hydrogen-bond donors (Lipinski definition) is 0. The Morgan fingerprint density at radius 3 is 2.30 bits per heavy atom. The number of anilines is 2. The van der Waals surface area contributed by atoms with Crippen LogP contribution in [0.4, 0.5) is 11.4 Å². The van der Waals surface area contributed by atoms with Crippen molar-refractivity contribution in [2.24, 2.45) is 0 Å². The average molecular weight is 382 g/mol. The molecule has 0 atom stereocenters. The van der Waals surface area contributed by atoms with Crippen LogP contribution in [-0.4, -0.2) is 32.3 Å². The van der Waals surface area contributed by atoms with Crippen LogP contribution in [0, 0.1) is 6.92 Å². The Morgan fingerprint density at radius 2 is 1.59 bits per heavy atom. The van der Waals surface area contributed by atoms with Gasteiger partial charge in [0.05, 0.1) is 10.6 Å². The van der Waals surface area contributed by atoms with E-state index in [1.807, 2.05) is 31.2 Å². The van der Waals surface area contributed by atoms with Crippen molar-refractivity contribution in [1.29, 1.82) is 0 Å². The van der Waals surface area contributed by atoms with E-state index in [0.29, 0.717) is 18.8 Å². The largest absolute Gasteiger partial charge is 0.338 e. The van der Waals surface area contributed by atoms with E-state index in [2.05, 4.69) is 0 Å². The monoisotopic (exact) mass is 382 g/mol. The van der Waals surface area contributed by atoms with Crippen molar-refractivity contribution in [3.63, 3.8) is 0 Å². The molecule has 0 bridgehead atoms. The summed E-state index contributed by atoms with van der Waals surface area (Å²) in [6.45, 7) is 3.22. The first-order chi connectivity index (χ1) is 13.0. The number of aryl methyl sites for hydroxylation is 1. The fraction of sp³-hybridized carbons (Fsp3) is 0.286. The zero-order valence-corrected chi connectivity index (χ0v) is 16.1. The van der Waals surface area contributed by atoms with Gasteiger partial charge in [0.1, 0.15) is 0 Å². The molecule has 0 spiro atoms. The van der Waals surface area contributed by atoms with Crippen LogP contribution in [0.15, 0.2) is 64.5 Å². The third-order valence-corrected chi connectivity index (χ3v) is 6.90. The third-order valence-electron chi connectivity index (χ3n) is 5.12. The number of amides is 1. The maximum absolute atomic E-state index is 13.2. The molecule has 0 radical (unpaired) electrons. The molecule has 1 fully saturated rings. The van der Waals surface area contributed by atoms with E-state index in [0.717, 1.165) is 30.5 Å². The topological polar surface area (TPSA) is 57.7 Å². The first-order valence-electron chi connectivity index (χ1n) is 9.19. The van der Waals surface area contributed by atoms with Crippen molar-refractivity contribution < 1.29 is 13.2 Å². The van der Waals surface area contributed by atoms with Gasteiger partial charge < -0.3 is 9.80 Å². The highest BCUT2D eigenvalue weighted by Crippen LogP contribution is 2.40. The molecule has 2 heterocycles. The first kappa shape index (κ1) is 17.8. The second-order valence-electron chi connectivity index (χ2n) is 7.02. The Balaban J connectivity index is 1.84. The van der Waals surface area contributed by atoms with E-state index in [4.69, 9.17) is 0 Å². The molecule has 2 aliphatic rings. The van der Waals surface area contributed by atoms with E-state index in [1.165, 1.54) is 6.20 Å². The molecule has 2 aliphatic heterocycles. The van der Waals surface area contributed by atoms with Crippen molar-refractivity contribution in [2.75, 3.05) is 18.0 Å². The van der Waals surface area contributed by atoms with Crippen molar-refractivity contribution in [2.45, 2.75) is 31.1 Å². The first-order valence-corrected chi connectivity index (χ1v) is 10.7. The molecule has 0 N–H and O–H groups in total. The van der Waals surface area contributed by atoms with Crippen LogP contribution in [0.25, 0.3) is 0 Å². The third kappa shape index (κ3) is 3.14. The smallest absolute Gasteiger partial charge is 0.267 e. The predicted molar refractivity (Wildman–Crippen MR) is 105 cm³/mol. The summed E-state index contributed by atoms with van der Waals surface area (Å²) in [5.41, 5.74) is 2.51. The van der Waals surface area contributed by atoms with Crippen LogP contribution >= 0.6 is 0 Å². The van der Waals surface area contributed by atoms with Gasteiger partial charge in [-0.3, -0.25) is 4.79 Å². The van der Waals surface area contributed by atoms with Gasteiger partial charge in [0.25, 0.3) is 5.91 Å². The van der Waals surface area contributed by atoms with Gasteiger partial charge >= 0.3 is 0 Å². The van der Waals surface area contributed by atoms with Crippen molar-refractivity contribution in [3.8, 4) is 0 Å². The molecule has 2 aromatic carbocycles. The molecule has 6 heteroatoms. The van der Waals surface area contributed by atoms with E-state index in [1.54, 1.807) is 34.1 Å². The molecule has 1 amide bonds. The average Bonchev–Trinajstić information content (AvgIpc) is 2.69. The Labute approximate surface area is 159 Å². The van der Waals surface area contributed by atoms with Gasteiger partial charge in [0.15, 0.2) is 4.91 Å². The number of fused-ring (bicyclic) bond motifs is 1. The number of para-hydroxylation sites is 1. The summed E-state index contributed by atoms with van der Waals surface area (Å²) in [6, 6.07) is 14.7. The highest BCUT2D eigenvalue weighted by molar-refractivity contribution is 7.96. The van der Waals surface area contributed by atoms with Crippen LogP contribution in [0.1, 0.15) is 24.8 Å². The summed E-state index contributed by atoms with van der Waals surface area (Å²) >= 11 is 0. The minimum atomic E-state index is -3.85. The molecule has 0 aliphatic carbocycles. The molecule has 140 valence electrons. The summed E-state index contributed by atoms with van der Waals surface area (Å²) in [5, 5.41) is 0. The minimum absolute atomic E-state index is 0.149. The summed E-state index contributed by atoms with van der Waals surface area (Å²) in [5.74, 6) is -0.402. The van der Waals surface area contributed by atoms with Gasteiger partial charge in [-0.15, -0.1) is 0 Å². The summed E-state index contributed by atoms with van der Waals surface area (Å²) < 4.78 is 26.4. The molecular weight excluding hydrogens is 360 g/mol. The number of likely N-dealkylation sites (tertiary alicyclic amines) is 1. The fourth-order valence-corrected chi connectivity index (χ4v) is 5.14. The summed E-state index contributed by atoms with van der Waals surface area (Å²) in [7, 11) is -3.85. The van der Waals surface area contributed by atoms with Gasteiger partial charge in [0, 0.05) is 25.0 Å². The van der Waals surface area contributed by atoms with Crippen molar-refractivity contribution in [3.05, 3.63) is 65.2 Å². The molecule has 0 unspecified atom stereocenters. The van der Waals surface area contributed by atoms with Gasteiger partial charge in [-0.1, -0.05) is 29.8 Å². The van der Waals surface area contributed by atoms with Crippen LogP contribution in [0.2, 0.25) is 0 Å². The maximum Gasteiger partial charge on any atom is 0.267 e. The van der Waals surface area contributed by atoms with E-state index in [9.17, 15) is 13.2 Å². The second kappa shape index (κ2) is 6.85.